The van der Waals surface area contributed by atoms with Crippen molar-refractivity contribution in [3.05, 3.63) is 58.0 Å². The fourth-order valence-electron chi connectivity index (χ4n) is 1.58. The molecule has 0 amide bonds. The number of aliphatic hydroxyl groups is 1. The topological polar surface area (TPSA) is 81.2 Å². The smallest absolute Gasteiger partial charge is 0.343 e. The van der Waals surface area contributed by atoms with Gasteiger partial charge in [-0.3, -0.25) is 0 Å². The van der Waals surface area contributed by atoms with Crippen molar-refractivity contribution < 1.29 is 10.0 Å². The fraction of sp³-hybridized carbons (Fsp3) is 0.154. The molecule has 1 aromatic heterocycles. The summed E-state index contributed by atoms with van der Waals surface area (Å²) in [6.45, 7) is -0.119. The average Bonchev–Trinajstić information content (AvgIpc) is 2.81. The minimum atomic E-state index is -0.545. The van der Waals surface area contributed by atoms with E-state index in [2.05, 4.69) is 16.8 Å². The zero-order valence-corrected chi connectivity index (χ0v) is 9.98. The minimum absolute atomic E-state index is 0.0924. The normalized spacial score (nSPS) is 9.74. The number of nitrogens with zero attached hydrogens (tertiary/aromatic N) is 3. The highest BCUT2D eigenvalue weighted by atomic mass is 16.6. The molecule has 2 rings (SSSR count). The Morgan fingerprint density at radius 1 is 1.32 bits per heavy atom. The Labute approximate surface area is 109 Å². The first-order chi connectivity index (χ1) is 9.22. The number of nitro groups is 1. The molecule has 0 aliphatic carbocycles. The molecular weight excluding hydrogens is 246 g/mol. The monoisotopic (exact) mass is 257 g/mol. The van der Waals surface area contributed by atoms with Gasteiger partial charge in [0.2, 0.25) is 0 Å². The second-order valence-corrected chi connectivity index (χ2v) is 3.69. The number of aliphatic hydroxyl groups excluding tert-OH is 1. The molecule has 0 aliphatic heterocycles. The van der Waals surface area contributed by atoms with E-state index in [1.54, 1.807) is 0 Å². The largest absolute Gasteiger partial charge is 0.392 e. The summed E-state index contributed by atoms with van der Waals surface area (Å²) in [4.78, 5) is 14.2. The van der Waals surface area contributed by atoms with Crippen LogP contribution in [0.2, 0.25) is 0 Å². The van der Waals surface area contributed by atoms with Crippen molar-refractivity contribution in [2.24, 2.45) is 0 Å². The molecule has 6 heteroatoms. The highest BCUT2D eigenvalue weighted by Gasteiger charge is 2.18. The van der Waals surface area contributed by atoms with Crippen LogP contribution in [0, 0.1) is 22.0 Å². The van der Waals surface area contributed by atoms with Crippen LogP contribution in [0.3, 0.4) is 0 Å². The van der Waals surface area contributed by atoms with E-state index in [9.17, 15) is 10.1 Å². The van der Waals surface area contributed by atoms with E-state index < -0.39 is 4.92 Å². The van der Waals surface area contributed by atoms with Crippen molar-refractivity contribution in [3.8, 4) is 11.8 Å². The summed E-state index contributed by atoms with van der Waals surface area (Å²) in [6.07, 6.45) is 1.14. The SMILES string of the molecule is O=[N+]([O-])c1cnc(C#Cc2ccccc2)n1CCO. The Balaban J connectivity index is 2.36. The third-order valence-electron chi connectivity index (χ3n) is 2.44. The van der Waals surface area contributed by atoms with Crippen LogP contribution in [0.15, 0.2) is 36.5 Å². The van der Waals surface area contributed by atoms with Gasteiger partial charge in [-0.15, -0.1) is 0 Å². The van der Waals surface area contributed by atoms with Gasteiger partial charge in [0.1, 0.15) is 12.7 Å². The average molecular weight is 257 g/mol. The van der Waals surface area contributed by atoms with Gasteiger partial charge >= 0.3 is 5.82 Å². The number of hydrogen-bond donors (Lipinski definition) is 1. The number of hydrogen-bond acceptors (Lipinski definition) is 4. The lowest BCUT2D eigenvalue weighted by molar-refractivity contribution is -0.392. The van der Waals surface area contributed by atoms with Gasteiger partial charge in [0.05, 0.1) is 6.61 Å². The first-order valence-electron chi connectivity index (χ1n) is 5.60. The van der Waals surface area contributed by atoms with E-state index >= 15 is 0 Å². The van der Waals surface area contributed by atoms with E-state index in [-0.39, 0.29) is 24.8 Å². The van der Waals surface area contributed by atoms with Crippen molar-refractivity contribution in [2.45, 2.75) is 6.54 Å². The molecule has 0 unspecified atom stereocenters. The third-order valence-corrected chi connectivity index (χ3v) is 2.44. The quantitative estimate of drug-likeness (QED) is 0.508. The zero-order chi connectivity index (χ0) is 13.7. The summed E-state index contributed by atoms with van der Waals surface area (Å²) >= 11 is 0. The predicted molar refractivity (Wildman–Crippen MR) is 68.4 cm³/mol. The zero-order valence-electron chi connectivity index (χ0n) is 9.98. The first kappa shape index (κ1) is 12.8. The van der Waals surface area contributed by atoms with E-state index in [1.807, 2.05) is 30.3 Å². The number of benzene rings is 1. The summed E-state index contributed by atoms with van der Waals surface area (Å²) in [5.74, 6) is 5.74. The van der Waals surface area contributed by atoms with Crippen LogP contribution >= 0.6 is 0 Å². The van der Waals surface area contributed by atoms with Crippen LogP contribution in [0.1, 0.15) is 11.4 Å². The molecule has 19 heavy (non-hydrogen) atoms. The van der Waals surface area contributed by atoms with E-state index in [4.69, 9.17) is 5.11 Å². The Kier molecular flexibility index (Phi) is 3.90. The molecule has 2 aromatic rings. The summed E-state index contributed by atoms with van der Waals surface area (Å²) < 4.78 is 1.29. The number of imidazole rings is 1. The van der Waals surface area contributed by atoms with E-state index in [0.29, 0.717) is 0 Å². The van der Waals surface area contributed by atoms with Crippen LogP contribution in [-0.4, -0.2) is 26.2 Å². The summed E-state index contributed by atoms with van der Waals surface area (Å²) in [6, 6.07) is 9.25. The van der Waals surface area contributed by atoms with Crippen LogP contribution in [-0.2, 0) is 6.54 Å². The Morgan fingerprint density at radius 2 is 2.05 bits per heavy atom. The lowest BCUT2D eigenvalue weighted by atomic mass is 10.2. The Bertz CT molecular complexity index is 638. The highest BCUT2D eigenvalue weighted by Crippen LogP contribution is 2.13. The van der Waals surface area contributed by atoms with Crippen LogP contribution in [0.5, 0.6) is 0 Å². The van der Waals surface area contributed by atoms with Crippen LogP contribution in [0.4, 0.5) is 5.82 Å². The van der Waals surface area contributed by atoms with Crippen molar-refractivity contribution >= 4 is 5.82 Å². The molecular formula is C13H11N3O3. The van der Waals surface area contributed by atoms with Gasteiger partial charge in [-0.05, 0) is 17.1 Å². The maximum Gasteiger partial charge on any atom is 0.343 e. The highest BCUT2D eigenvalue weighted by molar-refractivity contribution is 5.39. The maximum absolute atomic E-state index is 10.8. The maximum atomic E-state index is 10.8. The van der Waals surface area contributed by atoms with Gasteiger partial charge < -0.3 is 15.2 Å². The molecule has 1 aromatic carbocycles. The van der Waals surface area contributed by atoms with Crippen LogP contribution in [0.25, 0.3) is 0 Å². The summed E-state index contributed by atoms with van der Waals surface area (Å²) in [7, 11) is 0. The molecule has 0 radical (unpaired) electrons. The summed E-state index contributed by atoms with van der Waals surface area (Å²) in [5, 5.41) is 19.7. The van der Waals surface area contributed by atoms with Gasteiger partial charge in [-0.2, -0.15) is 4.57 Å². The van der Waals surface area contributed by atoms with E-state index in [0.717, 1.165) is 11.8 Å². The van der Waals surface area contributed by atoms with Gasteiger partial charge in [-0.1, -0.05) is 24.1 Å². The Hall–Kier alpha value is -2.65. The van der Waals surface area contributed by atoms with Gasteiger partial charge in [-0.25, -0.2) is 4.98 Å². The molecule has 1 N–H and O–H groups in total. The first-order valence-corrected chi connectivity index (χ1v) is 5.60. The molecule has 0 spiro atoms. The number of aromatic nitrogens is 2. The lowest BCUT2D eigenvalue weighted by Crippen LogP contribution is -2.08. The molecule has 1 heterocycles. The molecule has 0 saturated carbocycles. The summed E-state index contributed by atoms with van der Waals surface area (Å²) in [5.41, 5.74) is 0.795. The molecule has 0 saturated heterocycles. The molecule has 0 bridgehead atoms. The van der Waals surface area contributed by atoms with Crippen LogP contribution < -0.4 is 0 Å². The van der Waals surface area contributed by atoms with Crippen molar-refractivity contribution in [3.63, 3.8) is 0 Å². The second-order valence-electron chi connectivity index (χ2n) is 3.69. The Morgan fingerprint density at radius 3 is 2.68 bits per heavy atom. The fourth-order valence-corrected chi connectivity index (χ4v) is 1.58. The van der Waals surface area contributed by atoms with Crippen molar-refractivity contribution in [1.29, 1.82) is 0 Å². The van der Waals surface area contributed by atoms with Crippen molar-refractivity contribution in [1.82, 2.24) is 9.55 Å². The second kappa shape index (κ2) is 5.80. The van der Waals surface area contributed by atoms with E-state index in [1.165, 1.54) is 4.57 Å². The molecule has 0 fully saturated rings. The molecule has 6 nitrogen and oxygen atoms in total. The predicted octanol–water partition coefficient (Wildman–Crippen LogP) is 1.18. The van der Waals surface area contributed by atoms with Gasteiger partial charge in [0, 0.05) is 11.5 Å². The third kappa shape index (κ3) is 2.97. The van der Waals surface area contributed by atoms with Crippen molar-refractivity contribution in [2.75, 3.05) is 6.61 Å². The van der Waals surface area contributed by atoms with Gasteiger partial charge in [0.25, 0.3) is 5.82 Å². The standard InChI is InChI=1S/C13H11N3O3/c17-9-8-15-12(14-10-13(15)16(18)19)7-6-11-4-2-1-3-5-11/h1-5,10,17H,8-9H2. The lowest BCUT2D eigenvalue weighted by Gasteiger charge is -1.98. The number of rotatable bonds is 3. The molecule has 96 valence electrons. The minimum Gasteiger partial charge on any atom is -0.392 e. The molecule has 0 atom stereocenters. The van der Waals surface area contributed by atoms with Gasteiger partial charge in [0.15, 0.2) is 0 Å². The molecule has 0 aliphatic rings.